The molecule has 3 aliphatic rings. The highest BCUT2D eigenvalue weighted by Crippen LogP contribution is 2.36. The normalized spacial score (nSPS) is 21.2. The topological polar surface area (TPSA) is 168 Å². The van der Waals surface area contributed by atoms with Crippen LogP contribution in [0.2, 0.25) is 4.34 Å². The average molecular weight is 725 g/mol. The summed E-state index contributed by atoms with van der Waals surface area (Å²) in [6, 6.07) is 11.6. The number of aromatic nitrogens is 2. The number of aliphatic hydroxyl groups is 1. The van der Waals surface area contributed by atoms with Crippen LogP contribution in [-0.4, -0.2) is 91.1 Å². The summed E-state index contributed by atoms with van der Waals surface area (Å²) >= 11 is 7.14. The lowest BCUT2D eigenvalue weighted by molar-refractivity contribution is -0.0907. The molecule has 260 valence electrons. The SMILES string of the molecule is CC(C)[C@@H](NC[C@@H](O)CN(Cc1ccc(OCc2nnsc2Cl)cc1)C(=O)OC1COC2OCCC12)S(=O)(=O)c1ccc2c(c1)OCO2. The standard InChI is InChI=1S/C31H37ClN4O10S2/c1-18(2)29(48(39,40)22-7-8-25-26(11-22)45-17-44-25)33-12-20(37)14-36(31(38)46-27-16-43-30-23(27)9-10-41-30)13-19-3-5-21(6-4-19)42-15-24-28(32)47-35-34-24/h3-8,11,18,20,23,27,29-30,33,37H,9-10,12-17H2,1-2H3/t20-,23?,27?,29+,30?/m1/s1. The molecule has 0 aliphatic carbocycles. The van der Waals surface area contributed by atoms with Crippen molar-refractivity contribution in [2.75, 3.05) is 33.1 Å². The van der Waals surface area contributed by atoms with Crippen LogP contribution in [0, 0.1) is 11.8 Å². The first-order chi connectivity index (χ1) is 23.1. The number of nitrogens with one attached hydrogen (secondary N) is 1. The van der Waals surface area contributed by atoms with Gasteiger partial charge in [0.25, 0.3) is 0 Å². The smallest absolute Gasteiger partial charge is 0.410 e. The second-order valence-electron chi connectivity index (χ2n) is 12.0. The lowest BCUT2D eigenvalue weighted by Gasteiger charge is -2.29. The molecule has 14 nitrogen and oxygen atoms in total. The molecule has 0 bridgehead atoms. The molecule has 17 heteroatoms. The molecule has 2 N–H and O–H groups in total. The molecular formula is C31H37ClN4O10S2. The van der Waals surface area contributed by atoms with Crippen LogP contribution in [0.15, 0.2) is 47.4 Å². The number of fused-ring (bicyclic) bond motifs is 2. The third-order valence-corrected chi connectivity index (χ3v) is 11.6. The third-order valence-electron chi connectivity index (χ3n) is 8.28. The summed E-state index contributed by atoms with van der Waals surface area (Å²) in [5.74, 6) is 0.997. The summed E-state index contributed by atoms with van der Waals surface area (Å²) in [4.78, 5) is 15.0. The van der Waals surface area contributed by atoms with Crippen molar-refractivity contribution in [2.24, 2.45) is 11.8 Å². The Morgan fingerprint density at radius 2 is 1.96 bits per heavy atom. The number of hydrogen-bond acceptors (Lipinski definition) is 14. The van der Waals surface area contributed by atoms with E-state index in [0.717, 1.165) is 17.1 Å². The molecule has 3 aromatic rings. The van der Waals surface area contributed by atoms with Crippen LogP contribution in [0.3, 0.4) is 0 Å². The first-order valence-corrected chi connectivity index (χ1v) is 18.2. The van der Waals surface area contributed by atoms with Gasteiger partial charge in [0.05, 0.1) is 36.7 Å². The van der Waals surface area contributed by atoms with Gasteiger partial charge in [-0.2, -0.15) is 0 Å². The minimum Gasteiger partial charge on any atom is -0.487 e. The van der Waals surface area contributed by atoms with Gasteiger partial charge in [-0.05, 0) is 42.2 Å². The molecule has 6 rings (SSSR count). The quantitative estimate of drug-likeness (QED) is 0.248. The first kappa shape index (κ1) is 34.6. The van der Waals surface area contributed by atoms with Gasteiger partial charge < -0.3 is 38.4 Å². The molecule has 2 saturated heterocycles. The van der Waals surface area contributed by atoms with E-state index in [9.17, 15) is 18.3 Å². The second-order valence-corrected chi connectivity index (χ2v) is 15.5. The first-order valence-electron chi connectivity index (χ1n) is 15.5. The molecule has 4 heterocycles. The summed E-state index contributed by atoms with van der Waals surface area (Å²) in [5, 5.41) is 17.1. The van der Waals surface area contributed by atoms with E-state index >= 15 is 0 Å². The third kappa shape index (κ3) is 7.96. The number of rotatable bonds is 14. The molecule has 0 radical (unpaired) electrons. The fourth-order valence-electron chi connectivity index (χ4n) is 5.78. The lowest BCUT2D eigenvalue weighted by Crippen LogP contribution is -2.48. The van der Waals surface area contributed by atoms with Crippen LogP contribution < -0.4 is 19.5 Å². The van der Waals surface area contributed by atoms with Crippen molar-refractivity contribution >= 4 is 39.1 Å². The maximum atomic E-state index is 13.6. The van der Waals surface area contributed by atoms with Gasteiger partial charge in [-0.15, -0.1) is 5.10 Å². The summed E-state index contributed by atoms with van der Waals surface area (Å²) in [5.41, 5.74) is 1.29. The molecule has 2 fully saturated rings. The highest BCUT2D eigenvalue weighted by Gasteiger charge is 2.44. The Morgan fingerprint density at radius 1 is 1.17 bits per heavy atom. The van der Waals surface area contributed by atoms with Gasteiger partial charge in [-0.1, -0.05) is 42.1 Å². The van der Waals surface area contributed by atoms with E-state index in [0.29, 0.717) is 40.3 Å². The average Bonchev–Trinajstić information content (AvgIpc) is 3.87. The zero-order chi connectivity index (χ0) is 33.8. The Bertz CT molecular complexity index is 1680. The Kier molecular flexibility index (Phi) is 10.9. The molecular weight excluding hydrogens is 688 g/mol. The number of aliphatic hydroxyl groups excluding tert-OH is 1. The molecule has 5 atom stereocenters. The minimum absolute atomic E-state index is 0.0248. The number of nitrogens with zero attached hydrogens (tertiary/aromatic N) is 3. The zero-order valence-electron chi connectivity index (χ0n) is 26.3. The van der Waals surface area contributed by atoms with Crippen LogP contribution in [-0.2, 0) is 37.2 Å². The van der Waals surface area contributed by atoms with Gasteiger partial charge in [0.2, 0.25) is 6.79 Å². The van der Waals surface area contributed by atoms with E-state index in [4.69, 9.17) is 40.0 Å². The molecule has 1 amide bonds. The van der Waals surface area contributed by atoms with E-state index in [1.165, 1.54) is 17.0 Å². The molecule has 3 aliphatic heterocycles. The predicted molar refractivity (Wildman–Crippen MR) is 173 cm³/mol. The molecule has 0 saturated carbocycles. The van der Waals surface area contributed by atoms with Crippen LogP contribution in [0.1, 0.15) is 31.5 Å². The van der Waals surface area contributed by atoms with E-state index in [1.807, 2.05) is 0 Å². The van der Waals surface area contributed by atoms with Gasteiger partial charge >= 0.3 is 6.09 Å². The predicted octanol–water partition coefficient (Wildman–Crippen LogP) is 3.61. The number of benzene rings is 2. The molecule has 0 spiro atoms. The fourth-order valence-corrected chi connectivity index (χ4v) is 8.23. The van der Waals surface area contributed by atoms with Gasteiger partial charge in [-0.3, -0.25) is 5.32 Å². The number of ether oxygens (including phenoxy) is 6. The van der Waals surface area contributed by atoms with Crippen LogP contribution >= 0.6 is 23.1 Å². The largest absolute Gasteiger partial charge is 0.487 e. The van der Waals surface area contributed by atoms with Crippen LogP contribution in [0.4, 0.5) is 4.79 Å². The summed E-state index contributed by atoms with van der Waals surface area (Å²) in [7, 11) is -3.88. The fraction of sp³-hybridized carbons (Fsp3) is 0.516. The van der Waals surface area contributed by atoms with E-state index in [-0.39, 0.29) is 56.4 Å². The van der Waals surface area contributed by atoms with Crippen molar-refractivity contribution in [3.63, 3.8) is 0 Å². The van der Waals surface area contributed by atoms with E-state index in [2.05, 4.69) is 14.9 Å². The lowest BCUT2D eigenvalue weighted by atomic mass is 10.0. The number of halogens is 1. The van der Waals surface area contributed by atoms with Gasteiger partial charge in [0, 0.05) is 30.7 Å². The zero-order valence-corrected chi connectivity index (χ0v) is 28.7. The highest BCUT2D eigenvalue weighted by molar-refractivity contribution is 7.92. The summed E-state index contributed by atoms with van der Waals surface area (Å²) in [6.45, 7) is 4.35. The van der Waals surface area contributed by atoms with Crippen LogP contribution in [0.5, 0.6) is 17.2 Å². The van der Waals surface area contributed by atoms with Gasteiger partial charge in [-0.25, -0.2) is 13.2 Å². The highest BCUT2D eigenvalue weighted by atomic mass is 35.5. The van der Waals surface area contributed by atoms with Crippen molar-refractivity contribution in [3.05, 3.63) is 58.1 Å². The number of sulfone groups is 1. The number of carbonyl (C=O) groups is 1. The monoisotopic (exact) mass is 724 g/mol. The Balaban J connectivity index is 1.11. The van der Waals surface area contributed by atoms with Crippen molar-refractivity contribution in [1.82, 2.24) is 19.8 Å². The van der Waals surface area contributed by atoms with Gasteiger partial charge in [0.1, 0.15) is 33.9 Å². The minimum atomic E-state index is -3.88. The van der Waals surface area contributed by atoms with Crippen molar-refractivity contribution in [3.8, 4) is 17.2 Å². The maximum Gasteiger partial charge on any atom is 0.410 e. The Labute approximate surface area is 287 Å². The molecule has 2 aromatic carbocycles. The molecule has 48 heavy (non-hydrogen) atoms. The van der Waals surface area contributed by atoms with Crippen molar-refractivity contribution in [2.45, 2.75) is 62.2 Å². The van der Waals surface area contributed by atoms with E-state index < -0.39 is 39.8 Å². The number of carbonyl (C=O) groups excluding carboxylic acids is 1. The Morgan fingerprint density at radius 3 is 2.71 bits per heavy atom. The number of hydrogen-bond donors (Lipinski definition) is 2. The van der Waals surface area contributed by atoms with Crippen molar-refractivity contribution < 1.29 is 46.7 Å². The van der Waals surface area contributed by atoms with Gasteiger partial charge in [0.15, 0.2) is 27.6 Å². The maximum absolute atomic E-state index is 13.6. The van der Waals surface area contributed by atoms with Crippen molar-refractivity contribution in [1.29, 1.82) is 0 Å². The number of amides is 1. The summed E-state index contributed by atoms with van der Waals surface area (Å²) in [6.07, 6.45) is -1.93. The Hall–Kier alpha value is -3.25. The van der Waals surface area contributed by atoms with E-state index in [1.54, 1.807) is 44.2 Å². The molecule has 3 unspecified atom stereocenters. The summed E-state index contributed by atoms with van der Waals surface area (Å²) < 4.78 is 65.0. The molecule has 1 aromatic heterocycles. The van der Waals surface area contributed by atoms with Crippen LogP contribution in [0.25, 0.3) is 0 Å². The second kappa shape index (κ2) is 15.1.